The summed E-state index contributed by atoms with van der Waals surface area (Å²) in [6.07, 6.45) is 3.09. The third kappa shape index (κ3) is 1.75. The molecule has 0 aliphatic heterocycles. The number of carbonyl (C=O) groups is 1. The highest BCUT2D eigenvalue weighted by Crippen LogP contribution is 2.74. The third-order valence-electron chi connectivity index (χ3n) is 7.97. The molecule has 4 aliphatic carbocycles. The van der Waals surface area contributed by atoms with E-state index in [1.54, 1.807) is 13.8 Å². The third-order valence-corrected chi connectivity index (χ3v) is 7.97. The Morgan fingerprint density at radius 3 is 2.44 bits per heavy atom. The second-order valence-corrected chi connectivity index (χ2v) is 9.20. The van der Waals surface area contributed by atoms with Crippen LogP contribution in [-0.4, -0.2) is 50.1 Å². The van der Waals surface area contributed by atoms with Crippen LogP contribution in [0, 0.1) is 35.0 Å². The molecule has 25 heavy (non-hydrogen) atoms. The summed E-state index contributed by atoms with van der Waals surface area (Å²) in [5.74, 6) is -2.10. The van der Waals surface area contributed by atoms with E-state index in [2.05, 4.69) is 0 Å². The second kappa shape index (κ2) is 4.83. The van der Waals surface area contributed by atoms with Crippen LogP contribution in [0.5, 0.6) is 0 Å². The molecule has 4 N–H and O–H groups in total. The molecule has 0 bridgehead atoms. The number of aliphatic hydroxyl groups excluding tert-OH is 2. The minimum Gasteiger partial charge on any atom is -0.392 e. The average molecular weight is 348 g/mol. The van der Waals surface area contributed by atoms with Gasteiger partial charge in [0.15, 0.2) is 5.78 Å². The van der Waals surface area contributed by atoms with Crippen LogP contribution in [0.4, 0.5) is 0 Å². The first-order valence-electron chi connectivity index (χ1n) is 9.18. The van der Waals surface area contributed by atoms with Gasteiger partial charge in [-0.2, -0.15) is 0 Å². The van der Waals surface area contributed by atoms with Crippen molar-refractivity contribution in [2.24, 2.45) is 35.0 Å². The molecule has 2 fully saturated rings. The number of hydrogen-bond acceptors (Lipinski definition) is 5. The van der Waals surface area contributed by atoms with Gasteiger partial charge < -0.3 is 20.4 Å². The lowest BCUT2D eigenvalue weighted by molar-refractivity contribution is -0.192. The van der Waals surface area contributed by atoms with Crippen molar-refractivity contribution in [3.63, 3.8) is 0 Å². The van der Waals surface area contributed by atoms with Crippen LogP contribution >= 0.6 is 0 Å². The van der Waals surface area contributed by atoms with Crippen molar-refractivity contribution in [3.05, 3.63) is 23.3 Å². The fourth-order valence-corrected chi connectivity index (χ4v) is 6.38. The molecule has 0 aromatic heterocycles. The Kier molecular flexibility index (Phi) is 3.36. The van der Waals surface area contributed by atoms with E-state index in [9.17, 15) is 25.2 Å². The van der Waals surface area contributed by atoms with E-state index in [1.807, 2.05) is 26.0 Å². The van der Waals surface area contributed by atoms with Gasteiger partial charge >= 0.3 is 0 Å². The molecule has 2 saturated carbocycles. The molecule has 5 heteroatoms. The molecule has 0 spiro atoms. The number of allylic oxidation sites excluding steroid dienone is 1. The fourth-order valence-electron chi connectivity index (χ4n) is 6.38. The van der Waals surface area contributed by atoms with E-state index < -0.39 is 46.4 Å². The predicted octanol–water partition coefficient (Wildman–Crippen LogP) is 0.815. The predicted molar refractivity (Wildman–Crippen MR) is 91.4 cm³/mol. The highest BCUT2D eigenvalue weighted by Gasteiger charge is 2.83. The summed E-state index contributed by atoms with van der Waals surface area (Å²) in [6, 6.07) is 0. The van der Waals surface area contributed by atoms with Gasteiger partial charge in [-0.3, -0.25) is 4.79 Å². The van der Waals surface area contributed by atoms with Gasteiger partial charge in [0.25, 0.3) is 0 Å². The average Bonchev–Trinajstić information content (AvgIpc) is 2.92. The summed E-state index contributed by atoms with van der Waals surface area (Å²) in [5.41, 5.74) is -1.73. The zero-order valence-electron chi connectivity index (χ0n) is 15.2. The Bertz CT molecular complexity index is 707. The van der Waals surface area contributed by atoms with Crippen molar-refractivity contribution in [1.82, 2.24) is 0 Å². The summed E-state index contributed by atoms with van der Waals surface area (Å²) in [7, 11) is 0. The molecule has 0 unspecified atom stereocenters. The van der Waals surface area contributed by atoms with Crippen molar-refractivity contribution in [2.45, 2.75) is 51.4 Å². The van der Waals surface area contributed by atoms with Crippen molar-refractivity contribution >= 4 is 5.78 Å². The molecule has 138 valence electrons. The summed E-state index contributed by atoms with van der Waals surface area (Å²) >= 11 is 0. The van der Waals surface area contributed by atoms with Crippen LogP contribution in [0.1, 0.15) is 34.1 Å². The van der Waals surface area contributed by atoms with Gasteiger partial charge in [-0.05, 0) is 24.5 Å². The van der Waals surface area contributed by atoms with Crippen molar-refractivity contribution in [2.75, 3.05) is 6.61 Å². The van der Waals surface area contributed by atoms with Gasteiger partial charge in [-0.25, -0.2) is 0 Å². The minimum absolute atomic E-state index is 0.0102. The number of Topliss-reactive ketones (excluding diaryl/α,β-unsaturated/α-hetero) is 1. The van der Waals surface area contributed by atoms with Crippen LogP contribution < -0.4 is 0 Å². The summed E-state index contributed by atoms with van der Waals surface area (Å²) < 4.78 is 0. The Hall–Kier alpha value is -1.01. The SMILES string of the molecule is CC1=C[C@H]2[C@@H](CC(CO)=C[C@@H]3[C@@H]4C(C)(C)[C@]4(O)[C@H](O)[C@H](C)[C@@]32O)C1=O. The summed E-state index contributed by atoms with van der Waals surface area (Å²) in [4.78, 5) is 12.6. The fraction of sp³-hybridized carbons (Fsp3) is 0.750. The van der Waals surface area contributed by atoms with E-state index in [4.69, 9.17) is 0 Å². The summed E-state index contributed by atoms with van der Waals surface area (Å²) in [5, 5.41) is 43.7. The Morgan fingerprint density at radius 1 is 1.20 bits per heavy atom. The lowest BCUT2D eigenvalue weighted by Gasteiger charge is -2.50. The minimum atomic E-state index is -1.32. The van der Waals surface area contributed by atoms with E-state index in [0.29, 0.717) is 12.0 Å². The topological polar surface area (TPSA) is 98.0 Å². The van der Waals surface area contributed by atoms with Gasteiger partial charge in [0.2, 0.25) is 0 Å². The van der Waals surface area contributed by atoms with E-state index in [-0.39, 0.29) is 18.3 Å². The zero-order chi connectivity index (χ0) is 18.5. The smallest absolute Gasteiger partial charge is 0.162 e. The van der Waals surface area contributed by atoms with Crippen molar-refractivity contribution in [1.29, 1.82) is 0 Å². The normalized spacial score (nSPS) is 53.2. The summed E-state index contributed by atoms with van der Waals surface area (Å²) in [6.45, 7) is 7.19. The van der Waals surface area contributed by atoms with Crippen LogP contribution in [0.15, 0.2) is 23.3 Å². The highest BCUT2D eigenvalue weighted by atomic mass is 16.4. The molecule has 0 heterocycles. The molecule has 0 aromatic carbocycles. The number of carbonyl (C=O) groups excluding carboxylic acids is 1. The first kappa shape index (κ1) is 17.4. The number of rotatable bonds is 1. The quantitative estimate of drug-likeness (QED) is 0.526. The maximum Gasteiger partial charge on any atom is 0.162 e. The van der Waals surface area contributed by atoms with Crippen LogP contribution in [0.25, 0.3) is 0 Å². The largest absolute Gasteiger partial charge is 0.392 e. The molecular formula is C20H28O5. The Labute approximate surface area is 148 Å². The molecular weight excluding hydrogens is 320 g/mol. The zero-order valence-corrected chi connectivity index (χ0v) is 15.2. The van der Waals surface area contributed by atoms with Crippen LogP contribution in [-0.2, 0) is 4.79 Å². The van der Waals surface area contributed by atoms with E-state index in [0.717, 1.165) is 5.57 Å². The van der Waals surface area contributed by atoms with Crippen LogP contribution in [0.3, 0.4) is 0 Å². The lowest BCUT2D eigenvalue weighted by atomic mass is 9.60. The van der Waals surface area contributed by atoms with Gasteiger partial charge in [-0.1, -0.05) is 32.9 Å². The Morgan fingerprint density at radius 2 is 1.84 bits per heavy atom. The number of fused-ring (bicyclic) bond motifs is 5. The van der Waals surface area contributed by atoms with Gasteiger partial charge in [-0.15, -0.1) is 0 Å². The molecule has 5 nitrogen and oxygen atoms in total. The maximum absolute atomic E-state index is 12.6. The Balaban J connectivity index is 1.91. The van der Waals surface area contributed by atoms with Gasteiger partial charge in [0, 0.05) is 35.0 Å². The monoisotopic (exact) mass is 348 g/mol. The molecule has 4 rings (SSSR count). The second-order valence-electron chi connectivity index (χ2n) is 9.20. The number of hydrogen-bond donors (Lipinski definition) is 4. The highest BCUT2D eigenvalue weighted by molar-refractivity contribution is 5.99. The van der Waals surface area contributed by atoms with Crippen molar-refractivity contribution in [3.8, 4) is 0 Å². The first-order chi connectivity index (χ1) is 11.5. The molecule has 8 atom stereocenters. The molecule has 0 radical (unpaired) electrons. The van der Waals surface area contributed by atoms with Gasteiger partial charge in [0.1, 0.15) is 5.60 Å². The first-order valence-corrected chi connectivity index (χ1v) is 9.18. The molecule has 0 saturated heterocycles. The van der Waals surface area contributed by atoms with E-state index in [1.165, 1.54) is 0 Å². The van der Waals surface area contributed by atoms with Crippen LogP contribution in [0.2, 0.25) is 0 Å². The molecule has 4 aliphatic rings. The van der Waals surface area contributed by atoms with Gasteiger partial charge in [0.05, 0.1) is 18.3 Å². The maximum atomic E-state index is 12.6. The molecule has 0 amide bonds. The van der Waals surface area contributed by atoms with E-state index >= 15 is 0 Å². The number of ketones is 1. The standard InChI is InChI=1S/C20H28O5/c1-9-5-13-12(15(9)22)6-11(8-21)7-14-16-18(3,4)20(16,25)17(23)10(2)19(13,14)24/h5,7,10,12-14,16-17,21,23-25H,6,8H2,1-4H3/t10-,12+,13-,14+,16+,17+,19-,20+/m0/s1. The van der Waals surface area contributed by atoms with Crippen molar-refractivity contribution < 1.29 is 25.2 Å². The number of aliphatic hydroxyl groups is 4. The lowest BCUT2D eigenvalue weighted by Crippen LogP contribution is -2.62. The molecule has 0 aromatic rings.